The van der Waals surface area contributed by atoms with E-state index >= 15 is 0 Å². The molecule has 26 heavy (non-hydrogen) atoms. The maximum atomic E-state index is 12.2. The summed E-state index contributed by atoms with van der Waals surface area (Å²) in [7, 11) is -3.47. The molecule has 0 amide bonds. The highest BCUT2D eigenvalue weighted by Gasteiger charge is 2.14. The van der Waals surface area contributed by atoms with Gasteiger partial charge in [-0.05, 0) is 40.5 Å². The fourth-order valence-corrected chi connectivity index (χ4v) is 4.19. The average molecular weight is 390 g/mol. The molecule has 0 saturated carbocycles. The molecule has 0 heterocycles. The van der Waals surface area contributed by atoms with Gasteiger partial charge in [-0.25, -0.2) is 13.1 Å². The minimum absolute atomic E-state index is 0.117. The number of benzene rings is 3. The van der Waals surface area contributed by atoms with Crippen molar-refractivity contribution in [1.82, 2.24) is 4.72 Å². The Kier molecular flexibility index (Phi) is 5.94. The van der Waals surface area contributed by atoms with Crippen LogP contribution in [0.25, 0.3) is 10.8 Å². The lowest BCUT2D eigenvalue weighted by Gasteiger charge is -2.14. The van der Waals surface area contributed by atoms with E-state index in [0.717, 1.165) is 16.3 Å². The lowest BCUT2D eigenvalue weighted by atomic mass is 9.99. The molecule has 0 aliphatic rings. The number of halogens is 1. The minimum Gasteiger partial charge on any atom is -0.388 e. The number of sulfonamides is 1. The smallest absolute Gasteiger partial charge is 0.215 e. The molecule has 3 aromatic carbocycles. The molecule has 1 unspecified atom stereocenters. The predicted molar refractivity (Wildman–Crippen MR) is 106 cm³/mol. The number of hydrogen-bond acceptors (Lipinski definition) is 3. The zero-order valence-electron chi connectivity index (χ0n) is 14.1. The van der Waals surface area contributed by atoms with E-state index in [4.69, 9.17) is 11.6 Å². The quantitative estimate of drug-likeness (QED) is 0.641. The van der Waals surface area contributed by atoms with Crippen LogP contribution in [0.1, 0.15) is 23.7 Å². The summed E-state index contributed by atoms with van der Waals surface area (Å²) in [5.74, 6) is -0.117. The SMILES string of the molecule is O=S(=O)(Cc1ccc(Cl)cc1)NCCC(O)c1cccc2ccccc12. The summed E-state index contributed by atoms with van der Waals surface area (Å²) in [4.78, 5) is 0. The molecule has 0 aromatic heterocycles. The monoisotopic (exact) mass is 389 g/mol. The first kappa shape index (κ1) is 18.9. The van der Waals surface area contributed by atoms with Gasteiger partial charge < -0.3 is 5.11 Å². The van der Waals surface area contributed by atoms with Crippen molar-refractivity contribution in [2.45, 2.75) is 18.3 Å². The highest BCUT2D eigenvalue weighted by molar-refractivity contribution is 7.88. The second-order valence-corrected chi connectivity index (χ2v) is 8.40. The van der Waals surface area contributed by atoms with Crippen molar-refractivity contribution in [1.29, 1.82) is 0 Å². The second kappa shape index (κ2) is 8.18. The maximum absolute atomic E-state index is 12.2. The number of rotatable bonds is 7. The van der Waals surface area contributed by atoms with Gasteiger partial charge in [-0.2, -0.15) is 0 Å². The van der Waals surface area contributed by atoms with Crippen LogP contribution >= 0.6 is 11.6 Å². The summed E-state index contributed by atoms with van der Waals surface area (Å²) in [6.07, 6.45) is -0.437. The normalized spacial score (nSPS) is 13.0. The molecule has 2 N–H and O–H groups in total. The predicted octanol–water partition coefficient (Wildman–Crippen LogP) is 4.04. The first-order chi connectivity index (χ1) is 12.4. The molecule has 1 atom stereocenters. The van der Waals surface area contributed by atoms with Crippen LogP contribution in [0.3, 0.4) is 0 Å². The van der Waals surface area contributed by atoms with E-state index in [-0.39, 0.29) is 12.3 Å². The molecule has 0 radical (unpaired) electrons. The lowest BCUT2D eigenvalue weighted by molar-refractivity contribution is 0.170. The molecule has 3 rings (SSSR count). The van der Waals surface area contributed by atoms with Crippen molar-refractivity contribution in [3.8, 4) is 0 Å². The average Bonchev–Trinajstić information content (AvgIpc) is 2.62. The first-order valence-electron chi connectivity index (χ1n) is 8.32. The molecule has 136 valence electrons. The third kappa shape index (κ3) is 4.83. The van der Waals surface area contributed by atoms with E-state index in [2.05, 4.69) is 4.72 Å². The van der Waals surface area contributed by atoms with Crippen LogP contribution < -0.4 is 4.72 Å². The van der Waals surface area contributed by atoms with Crippen molar-refractivity contribution >= 4 is 32.4 Å². The van der Waals surface area contributed by atoms with Gasteiger partial charge in [0.05, 0.1) is 11.9 Å². The lowest BCUT2D eigenvalue weighted by Crippen LogP contribution is -2.27. The molecule has 3 aromatic rings. The molecular weight excluding hydrogens is 370 g/mol. The third-order valence-electron chi connectivity index (χ3n) is 4.19. The van der Waals surface area contributed by atoms with Crippen LogP contribution in [0.4, 0.5) is 0 Å². The molecule has 0 fully saturated rings. The summed E-state index contributed by atoms with van der Waals surface area (Å²) in [5.41, 5.74) is 1.47. The largest absolute Gasteiger partial charge is 0.388 e. The Bertz CT molecular complexity index is 982. The number of hydrogen-bond donors (Lipinski definition) is 2. The fourth-order valence-electron chi connectivity index (χ4n) is 2.90. The van der Waals surface area contributed by atoms with Gasteiger partial charge in [-0.3, -0.25) is 0 Å². The summed E-state index contributed by atoms with van der Waals surface area (Å²) in [6.45, 7) is 0.167. The zero-order chi connectivity index (χ0) is 18.6. The Labute approximate surface area is 158 Å². The summed E-state index contributed by atoms with van der Waals surface area (Å²) in [5, 5.41) is 13.1. The number of nitrogens with one attached hydrogen (secondary N) is 1. The van der Waals surface area contributed by atoms with Gasteiger partial charge in [-0.1, -0.05) is 66.2 Å². The Morgan fingerprint density at radius 2 is 1.65 bits per heavy atom. The number of aliphatic hydroxyl groups is 1. The van der Waals surface area contributed by atoms with Crippen molar-refractivity contribution in [2.75, 3.05) is 6.54 Å². The van der Waals surface area contributed by atoms with E-state index in [1.165, 1.54) is 0 Å². The zero-order valence-corrected chi connectivity index (χ0v) is 15.7. The standard InChI is InChI=1S/C20H20ClNO3S/c21-17-10-8-15(9-11-17)14-26(24,25)22-13-12-20(23)19-7-3-5-16-4-1-2-6-18(16)19/h1-11,20,22-23H,12-14H2. The molecule has 6 heteroatoms. The fraction of sp³-hybridized carbons (Fsp3) is 0.200. The summed E-state index contributed by atoms with van der Waals surface area (Å²) < 4.78 is 26.9. The summed E-state index contributed by atoms with van der Waals surface area (Å²) >= 11 is 5.81. The van der Waals surface area contributed by atoms with Crippen LogP contribution in [-0.2, 0) is 15.8 Å². The van der Waals surface area contributed by atoms with E-state index < -0.39 is 16.1 Å². The topological polar surface area (TPSA) is 66.4 Å². The van der Waals surface area contributed by atoms with Crippen molar-refractivity contribution in [2.24, 2.45) is 0 Å². The van der Waals surface area contributed by atoms with Crippen molar-refractivity contribution < 1.29 is 13.5 Å². The Morgan fingerprint density at radius 3 is 2.42 bits per heavy atom. The van der Waals surface area contributed by atoms with Gasteiger partial charge in [0.15, 0.2) is 0 Å². The van der Waals surface area contributed by atoms with Crippen LogP contribution in [0.5, 0.6) is 0 Å². The molecule has 4 nitrogen and oxygen atoms in total. The molecule has 0 bridgehead atoms. The minimum atomic E-state index is -3.47. The van der Waals surface area contributed by atoms with Crippen LogP contribution in [0, 0.1) is 0 Å². The van der Waals surface area contributed by atoms with E-state index in [1.54, 1.807) is 24.3 Å². The molecule has 0 aliphatic carbocycles. The number of aliphatic hydroxyl groups excluding tert-OH is 1. The first-order valence-corrected chi connectivity index (χ1v) is 10.4. The highest BCUT2D eigenvalue weighted by Crippen LogP contribution is 2.26. The number of fused-ring (bicyclic) bond motifs is 1. The van der Waals surface area contributed by atoms with Crippen LogP contribution in [-0.4, -0.2) is 20.1 Å². The van der Waals surface area contributed by atoms with Crippen LogP contribution in [0.15, 0.2) is 66.7 Å². The van der Waals surface area contributed by atoms with Gasteiger partial charge in [0.2, 0.25) is 10.0 Å². The van der Waals surface area contributed by atoms with Crippen molar-refractivity contribution in [3.05, 3.63) is 82.9 Å². The van der Waals surface area contributed by atoms with E-state index in [9.17, 15) is 13.5 Å². The Hall–Kier alpha value is -1.92. The van der Waals surface area contributed by atoms with Crippen LogP contribution in [0.2, 0.25) is 5.02 Å². The maximum Gasteiger partial charge on any atom is 0.215 e. The van der Waals surface area contributed by atoms with E-state index in [1.807, 2.05) is 42.5 Å². The van der Waals surface area contributed by atoms with Crippen molar-refractivity contribution in [3.63, 3.8) is 0 Å². The van der Waals surface area contributed by atoms with Gasteiger partial charge in [-0.15, -0.1) is 0 Å². The highest BCUT2D eigenvalue weighted by atomic mass is 35.5. The van der Waals surface area contributed by atoms with Gasteiger partial charge in [0.1, 0.15) is 0 Å². The Balaban J connectivity index is 1.60. The van der Waals surface area contributed by atoms with Gasteiger partial charge in [0.25, 0.3) is 0 Å². The second-order valence-electron chi connectivity index (χ2n) is 6.15. The van der Waals surface area contributed by atoms with Gasteiger partial charge >= 0.3 is 0 Å². The summed E-state index contributed by atoms with van der Waals surface area (Å²) in [6, 6.07) is 20.3. The molecule has 0 aliphatic heterocycles. The molecular formula is C20H20ClNO3S. The Morgan fingerprint density at radius 1 is 0.962 bits per heavy atom. The molecule has 0 saturated heterocycles. The van der Waals surface area contributed by atoms with Gasteiger partial charge in [0, 0.05) is 11.6 Å². The van der Waals surface area contributed by atoms with E-state index in [0.29, 0.717) is 17.0 Å². The molecule has 0 spiro atoms. The third-order valence-corrected chi connectivity index (χ3v) is 5.80.